The van der Waals surface area contributed by atoms with Crippen LogP contribution in [-0.4, -0.2) is 59.6 Å². The number of β-amino-alcohol motifs (C(OH)–C–C–N with tert-alkyl or cyclic N) is 1. The second-order valence-electron chi connectivity index (χ2n) is 4.99. The van der Waals surface area contributed by atoms with Gasteiger partial charge in [-0.25, -0.2) is 0 Å². The lowest BCUT2D eigenvalue weighted by Gasteiger charge is -2.23. The third-order valence-electron chi connectivity index (χ3n) is 3.55. The van der Waals surface area contributed by atoms with Gasteiger partial charge in [0.25, 0.3) is 5.91 Å². The minimum Gasteiger partial charge on any atom is -0.392 e. The summed E-state index contributed by atoms with van der Waals surface area (Å²) in [6.07, 6.45) is 1.52. The number of amides is 1. The van der Waals surface area contributed by atoms with Gasteiger partial charge in [-0.05, 0) is 30.8 Å². The molecule has 1 aliphatic rings. The van der Waals surface area contributed by atoms with Crippen LogP contribution in [0.5, 0.6) is 0 Å². The number of aliphatic hydroxyl groups is 1. The fourth-order valence-electron chi connectivity index (χ4n) is 2.34. The van der Waals surface area contributed by atoms with Crippen molar-refractivity contribution < 1.29 is 9.90 Å². The minimum atomic E-state index is -0.250. The van der Waals surface area contributed by atoms with Crippen molar-refractivity contribution in [3.8, 4) is 0 Å². The summed E-state index contributed by atoms with van der Waals surface area (Å²) in [4.78, 5) is 17.3. The molecule has 0 saturated carbocycles. The summed E-state index contributed by atoms with van der Waals surface area (Å²) < 4.78 is 0. The number of thiophene rings is 1. The summed E-state index contributed by atoms with van der Waals surface area (Å²) in [5.74, 6) is 0.146. The Labute approximate surface area is 118 Å². The van der Waals surface area contributed by atoms with Gasteiger partial charge in [-0.15, -0.1) is 11.3 Å². The lowest BCUT2D eigenvalue weighted by Crippen LogP contribution is -2.37. The highest BCUT2D eigenvalue weighted by Gasteiger charge is 2.21. The van der Waals surface area contributed by atoms with Crippen LogP contribution in [0.15, 0.2) is 17.5 Å². The molecule has 0 bridgehead atoms. The Balaban J connectivity index is 1.88. The minimum absolute atomic E-state index is 0.146. The molecule has 4 nitrogen and oxygen atoms in total. The van der Waals surface area contributed by atoms with E-state index in [9.17, 15) is 9.90 Å². The molecule has 1 saturated heterocycles. The Morgan fingerprint density at radius 2 is 2.26 bits per heavy atom. The molecule has 2 rings (SSSR count). The van der Waals surface area contributed by atoms with E-state index in [4.69, 9.17) is 0 Å². The van der Waals surface area contributed by atoms with Crippen molar-refractivity contribution in [2.75, 3.05) is 32.7 Å². The maximum atomic E-state index is 12.3. The molecule has 0 spiro atoms. The topological polar surface area (TPSA) is 43.8 Å². The Morgan fingerprint density at radius 3 is 2.95 bits per heavy atom. The largest absolute Gasteiger partial charge is 0.392 e. The molecule has 1 fully saturated rings. The number of aliphatic hydroxyl groups excluding tert-OH is 1. The zero-order chi connectivity index (χ0) is 13.7. The highest BCUT2D eigenvalue weighted by Crippen LogP contribution is 2.14. The van der Waals surface area contributed by atoms with E-state index < -0.39 is 0 Å². The van der Waals surface area contributed by atoms with Gasteiger partial charge < -0.3 is 10.0 Å². The molecule has 0 aliphatic carbocycles. The average Bonchev–Trinajstić information content (AvgIpc) is 2.85. The molecule has 0 radical (unpaired) electrons. The number of carbonyl (C=O) groups is 1. The molecule has 1 N–H and O–H groups in total. The van der Waals surface area contributed by atoms with Crippen LogP contribution >= 0.6 is 11.3 Å². The first kappa shape index (κ1) is 14.5. The molecule has 5 heteroatoms. The van der Waals surface area contributed by atoms with E-state index in [1.54, 1.807) is 0 Å². The molecule has 0 aromatic carbocycles. The Bertz CT molecular complexity index is 394. The second-order valence-corrected chi connectivity index (χ2v) is 5.93. The fraction of sp³-hybridized carbons (Fsp3) is 0.643. The Morgan fingerprint density at radius 1 is 1.42 bits per heavy atom. The molecule has 1 unspecified atom stereocenters. The molecule has 19 heavy (non-hydrogen) atoms. The van der Waals surface area contributed by atoms with Crippen LogP contribution in [0.3, 0.4) is 0 Å². The number of hydrogen-bond donors (Lipinski definition) is 1. The second kappa shape index (κ2) is 7.03. The van der Waals surface area contributed by atoms with Gasteiger partial charge in [0.2, 0.25) is 0 Å². The zero-order valence-corrected chi connectivity index (χ0v) is 12.2. The molecule has 1 aromatic heterocycles. The first-order valence-corrected chi connectivity index (χ1v) is 7.82. The lowest BCUT2D eigenvalue weighted by atomic mass is 10.2. The monoisotopic (exact) mass is 282 g/mol. The van der Waals surface area contributed by atoms with Crippen molar-refractivity contribution in [1.82, 2.24) is 9.80 Å². The number of nitrogens with zero attached hydrogens (tertiary/aromatic N) is 2. The van der Waals surface area contributed by atoms with Gasteiger partial charge in [-0.3, -0.25) is 9.69 Å². The summed E-state index contributed by atoms with van der Waals surface area (Å²) >= 11 is 1.50. The van der Waals surface area contributed by atoms with Crippen molar-refractivity contribution in [1.29, 1.82) is 0 Å². The van der Waals surface area contributed by atoms with E-state index in [1.807, 2.05) is 29.3 Å². The molecular formula is C14H22N2O2S. The van der Waals surface area contributed by atoms with E-state index in [-0.39, 0.29) is 12.0 Å². The summed E-state index contributed by atoms with van der Waals surface area (Å²) in [5.41, 5.74) is 0. The van der Waals surface area contributed by atoms with Gasteiger partial charge in [-0.1, -0.05) is 13.0 Å². The summed E-state index contributed by atoms with van der Waals surface area (Å²) in [7, 11) is 0. The van der Waals surface area contributed by atoms with Gasteiger partial charge in [0.1, 0.15) is 0 Å². The van der Waals surface area contributed by atoms with E-state index in [0.717, 1.165) is 50.4 Å². The van der Waals surface area contributed by atoms with Crippen molar-refractivity contribution in [2.45, 2.75) is 25.9 Å². The van der Waals surface area contributed by atoms with Crippen molar-refractivity contribution in [2.24, 2.45) is 0 Å². The van der Waals surface area contributed by atoms with Crippen LogP contribution in [0.1, 0.15) is 29.4 Å². The maximum absolute atomic E-state index is 12.3. The maximum Gasteiger partial charge on any atom is 0.263 e. The predicted octanol–water partition coefficient (Wildman–Crippen LogP) is 1.67. The van der Waals surface area contributed by atoms with Crippen LogP contribution in [0.2, 0.25) is 0 Å². The van der Waals surface area contributed by atoms with E-state index in [2.05, 4.69) is 4.90 Å². The van der Waals surface area contributed by atoms with E-state index in [0.29, 0.717) is 0 Å². The fourth-order valence-corrected chi connectivity index (χ4v) is 3.03. The number of hydrogen-bond acceptors (Lipinski definition) is 4. The van der Waals surface area contributed by atoms with Gasteiger partial charge in [0, 0.05) is 26.2 Å². The smallest absolute Gasteiger partial charge is 0.263 e. The van der Waals surface area contributed by atoms with E-state index >= 15 is 0 Å². The van der Waals surface area contributed by atoms with Gasteiger partial charge in [0.15, 0.2) is 0 Å². The molecule has 2 heterocycles. The highest BCUT2D eigenvalue weighted by molar-refractivity contribution is 7.12. The summed E-state index contributed by atoms with van der Waals surface area (Å²) in [6, 6.07) is 3.80. The summed E-state index contributed by atoms with van der Waals surface area (Å²) in [5, 5.41) is 11.6. The van der Waals surface area contributed by atoms with E-state index in [1.165, 1.54) is 11.3 Å². The first-order chi connectivity index (χ1) is 9.20. The number of rotatable bonds is 4. The third kappa shape index (κ3) is 4.03. The quantitative estimate of drug-likeness (QED) is 0.913. The van der Waals surface area contributed by atoms with Crippen molar-refractivity contribution in [3.63, 3.8) is 0 Å². The molecule has 1 aromatic rings. The van der Waals surface area contributed by atoms with Crippen molar-refractivity contribution in [3.05, 3.63) is 22.4 Å². The average molecular weight is 282 g/mol. The third-order valence-corrected chi connectivity index (χ3v) is 4.41. The zero-order valence-electron chi connectivity index (χ0n) is 11.4. The Kier molecular flexibility index (Phi) is 5.36. The standard InChI is InChI=1S/C14H22N2O2S/c1-2-12(17)11-15-6-4-7-16(9-8-15)14(18)13-5-3-10-19-13/h3,5,10,12,17H,2,4,6-9,11H2,1H3. The van der Waals surface area contributed by atoms with Crippen LogP contribution in [-0.2, 0) is 0 Å². The SMILES string of the molecule is CCC(O)CN1CCCN(C(=O)c2cccs2)CC1. The van der Waals surface area contributed by atoms with Gasteiger partial charge >= 0.3 is 0 Å². The first-order valence-electron chi connectivity index (χ1n) is 6.94. The molecule has 1 atom stereocenters. The molecule has 1 amide bonds. The predicted molar refractivity (Wildman–Crippen MR) is 77.6 cm³/mol. The molecule has 1 aliphatic heterocycles. The normalized spacial score (nSPS) is 19.2. The lowest BCUT2D eigenvalue weighted by molar-refractivity contribution is 0.0758. The van der Waals surface area contributed by atoms with Crippen molar-refractivity contribution >= 4 is 17.2 Å². The molecular weight excluding hydrogens is 260 g/mol. The van der Waals surface area contributed by atoms with Crippen LogP contribution in [0.4, 0.5) is 0 Å². The number of carbonyl (C=O) groups excluding carboxylic acids is 1. The Hall–Kier alpha value is -0.910. The highest BCUT2D eigenvalue weighted by atomic mass is 32.1. The van der Waals surface area contributed by atoms with Gasteiger partial charge in [0.05, 0.1) is 11.0 Å². The molecule has 106 valence electrons. The van der Waals surface area contributed by atoms with Crippen LogP contribution in [0, 0.1) is 0 Å². The van der Waals surface area contributed by atoms with Crippen LogP contribution < -0.4 is 0 Å². The van der Waals surface area contributed by atoms with Crippen LogP contribution in [0.25, 0.3) is 0 Å². The summed E-state index contributed by atoms with van der Waals surface area (Å²) in [6.45, 7) is 6.11. The van der Waals surface area contributed by atoms with Gasteiger partial charge in [-0.2, -0.15) is 0 Å².